The number of halogens is 1. The first kappa shape index (κ1) is 9.41. The van der Waals surface area contributed by atoms with Crippen molar-refractivity contribution < 1.29 is 0 Å². The summed E-state index contributed by atoms with van der Waals surface area (Å²) in [6.07, 6.45) is 1.82. The van der Waals surface area contributed by atoms with Gasteiger partial charge in [0.25, 0.3) is 0 Å². The summed E-state index contributed by atoms with van der Waals surface area (Å²) in [6, 6.07) is 12.4. The molecule has 0 saturated carbocycles. The minimum atomic E-state index is 1.01. The van der Waals surface area contributed by atoms with Crippen molar-refractivity contribution in [2.75, 3.05) is 0 Å². The van der Waals surface area contributed by atoms with Crippen molar-refractivity contribution in [1.82, 2.24) is 4.98 Å². The molecule has 0 spiro atoms. The van der Waals surface area contributed by atoms with E-state index in [1.807, 2.05) is 24.4 Å². The number of aromatic nitrogens is 1. The Bertz CT molecular complexity index is 434. The van der Waals surface area contributed by atoms with Gasteiger partial charge in [-0.25, -0.2) is 0 Å². The lowest BCUT2D eigenvalue weighted by atomic mass is 10.1. The van der Waals surface area contributed by atoms with Crippen molar-refractivity contribution in [3.05, 3.63) is 52.6 Å². The highest BCUT2D eigenvalue weighted by molar-refractivity contribution is 9.10. The average molecular weight is 248 g/mol. The molecule has 0 aliphatic heterocycles. The van der Waals surface area contributed by atoms with Crippen molar-refractivity contribution in [2.24, 2.45) is 0 Å². The fourth-order valence-corrected chi connectivity index (χ4v) is 1.59. The summed E-state index contributed by atoms with van der Waals surface area (Å²) in [7, 11) is 0. The fraction of sp³-hybridized carbons (Fsp3) is 0.0833. The predicted octanol–water partition coefficient (Wildman–Crippen LogP) is 3.82. The van der Waals surface area contributed by atoms with Crippen LogP contribution in [0.5, 0.6) is 0 Å². The highest BCUT2D eigenvalue weighted by Gasteiger charge is 1.98. The number of aryl methyl sites for hydroxylation is 1. The van der Waals surface area contributed by atoms with E-state index < -0.39 is 0 Å². The van der Waals surface area contributed by atoms with Crippen LogP contribution in [-0.2, 0) is 0 Å². The van der Waals surface area contributed by atoms with Crippen LogP contribution in [0, 0.1) is 6.92 Å². The van der Waals surface area contributed by atoms with E-state index in [9.17, 15) is 0 Å². The molecular weight excluding hydrogens is 238 g/mol. The number of rotatable bonds is 1. The number of hydrogen-bond donors (Lipinski definition) is 0. The molecule has 0 aliphatic carbocycles. The molecule has 0 unspecified atom stereocenters. The maximum atomic E-state index is 4.34. The number of benzene rings is 1. The Balaban J connectivity index is 2.44. The Morgan fingerprint density at radius 3 is 2.64 bits per heavy atom. The van der Waals surface area contributed by atoms with Crippen LogP contribution in [0.15, 0.2) is 47.1 Å². The van der Waals surface area contributed by atoms with E-state index in [1.165, 1.54) is 5.56 Å². The lowest BCUT2D eigenvalue weighted by Crippen LogP contribution is -1.83. The van der Waals surface area contributed by atoms with Gasteiger partial charge < -0.3 is 0 Å². The van der Waals surface area contributed by atoms with Gasteiger partial charge in [0, 0.05) is 16.2 Å². The van der Waals surface area contributed by atoms with Gasteiger partial charge in [0.2, 0.25) is 0 Å². The molecule has 0 fully saturated rings. The van der Waals surface area contributed by atoms with Gasteiger partial charge in [-0.1, -0.05) is 23.8 Å². The topological polar surface area (TPSA) is 12.9 Å². The largest absolute Gasteiger partial charge is 0.255 e. The lowest BCUT2D eigenvalue weighted by molar-refractivity contribution is 1.30. The molecule has 0 bridgehead atoms. The van der Waals surface area contributed by atoms with Crippen LogP contribution in [0.2, 0.25) is 0 Å². The van der Waals surface area contributed by atoms with Crippen LogP contribution in [0.3, 0.4) is 0 Å². The third kappa shape index (κ3) is 2.02. The molecule has 1 heterocycles. The van der Waals surface area contributed by atoms with E-state index >= 15 is 0 Å². The third-order valence-corrected chi connectivity index (χ3v) is 2.51. The molecule has 2 aromatic rings. The molecule has 0 atom stereocenters. The second-order valence-corrected chi connectivity index (χ2v) is 4.15. The summed E-state index contributed by atoms with van der Waals surface area (Å²) < 4.78 is 1.01. The Labute approximate surface area is 91.9 Å². The SMILES string of the molecule is Cc1cccc(-c2ccc(Br)cn2)c1. The molecule has 2 heteroatoms. The average Bonchev–Trinajstić information content (AvgIpc) is 2.19. The van der Waals surface area contributed by atoms with Crippen LogP contribution < -0.4 is 0 Å². The molecule has 0 saturated heterocycles. The second-order valence-electron chi connectivity index (χ2n) is 3.23. The predicted molar refractivity (Wildman–Crippen MR) is 62.1 cm³/mol. The maximum Gasteiger partial charge on any atom is 0.0702 e. The van der Waals surface area contributed by atoms with Gasteiger partial charge in [-0.3, -0.25) is 4.98 Å². The number of pyridine rings is 1. The van der Waals surface area contributed by atoms with Crippen LogP contribution in [0.4, 0.5) is 0 Å². The summed E-state index contributed by atoms with van der Waals surface area (Å²) in [5, 5.41) is 0. The van der Waals surface area contributed by atoms with Crippen LogP contribution in [-0.4, -0.2) is 4.98 Å². The Morgan fingerprint density at radius 1 is 1.14 bits per heavy atom. The summed E-state index contributed by atoms with van der Waals surface area (Å²) in [5.74, 6) is 0. The fourth-order valence-electron chi connectivity index (χ4n) is 1.35. The quantitative estimate of drug-likeness (QED) is 0.747. The normalized spacial score (nSPS) is 10.1. The maximum absolute atomic E-state index is 4.34. The summed E-state index contributed by atoms with van der Waals surface area (Å²) in [5.41, 5.74) is 3.43. The molecule has 0 N–H and O–H groups in total. The number of hydrogen-bond acceptors (Lipinski definition) is 1. The zero-order chi connectivity index (χ0) is 9.97. The van der Waals surface area contributed by atoms with Gasteiger partial charge in [-0.2, -0.15) is 0 Å². The van der Waals surface area contributed by atoms with E-state index in [4.69, 9.17) is 0 Å². The molecule has 1 aromatic heterocycles. The molecule has 0 amide bonds. The standard InChI is InChI=1S/C12H10BrN/c1-9-3-2-4-10(7-9)12-6-5-11(13)8-14-12/h2-8H,1H3. The highest BCUT2D eigenvalue weighted by Crippen LogP contribution is 2.19. The van der Waals surface area contributed by atoms with Crippen molar-refractivity contribution >= 4 is 15.9 Å². The van der Waals surface area contributed by atoms with Crippen LogP contribution in [0.25, 0.3) is 11.3 Å². The van der Waals surface area contributed by atoms with E-state index in [0.29, 0.717) is 0 Å². The summed E-state index contributed by atoms with van der Waals surface area (Å²) >= 11 is 3.37. The van der Waals surface area contributed by atoms with Crippen molar-refractivity contribution in [2.45, 2.75) is 6.92 Å². The number of nitrogens with zero attached hydrogens (tertiary/aromatic N) is 1. The van der Waals surface area contributed by atoms with Gasteiger partial charge in [0.05, 0.1) is 5.69 Å². The summed E-state index contributed by atoms with van der Waals surface area (Å²) in [6.45, 7) is 2.09. The minimum Gasteiger partial charge on any atom is -0.255 e. The lowest BCUT2D eigenvalue weighted by Gasteiger charge is -2.01. The first-order valence-electron chi connectivity index (χ1n) is 4.44. The zero-order valence-corrected chi connectivity index (χ0v) is 9.45. The van der Waals surface area contributed by atoms with Crippen LogP contribution in [0.1, 0.15) is 5.56 Å². The Morgan fingerprint density at radius 2 is 2.00 bits per heavy atom. The summed E-state index contributed by atoms with van der Waals surface area (Å²) in [4.78, 5) is 4.34. The van der Waals surface area contributed by atoms with Gasteiger partial charge in [0.15, 0.2) is 0 Å². The Kier molecular flexibility index (Phi) is 2.64. The monoisotopic (exact) mass is 247 g/mol. The van der Waals surface area contributed by atoms with Crippen molar-refractivity contribution in [1.29, 1.82) is 0 Å². The molecule has 70 valence electrons. The van der Waals surface area contributed by atoms with Gasteiger partial charge >= 0.3 is 0 Å². The molecule has 0 radical (unpaired) electrons. The van der Waals surface area contributed by atoms with E-state index in [-0.39, 0.29) is 0 Å². The molecule has 1 aromatic carbocycles. The van der Waals surface area contributed by atoms with Crippen molar-refractivity contribution in [3.8, 4) is 11.3 Å². The van der Waals surface area contributed by atoms with Gasteiger partial charge in [0.1, 0.15) is 0 Å². The zero-order valence-electron chi connectivity index (χ0n) is 7.87. The first-order chi connectivity index (χ1) is 6.75. The van der Waals surface area contributed by atoms with E-state index in [2.05, 4.69) is 46.0 Å². The highest BCUT2D eigenvalue weighted by atomic mass is 79.9. The smallest absolute Gasteiger partial charge is 0.0702 e. The molecule has 14 heavy (non-hydrogen) atoms. The Hall–Kier alpha value is -1.15. The van der Waals surface area contributed by atoms with Crippen LogP contribution >= 0.6 is 15.9 Å². The molecule has 0 aliphatic rings. The van der Waals surface area contributed by atoms with Gasteiger partial charge in [-0.15, -0.1) is 0 Å². The van der Waals surface area contributed by atoms with Gasteiger partial charge in [-0.05, 0) is 41.1 Å². The third-order valence-electron chi connectivity index (χ3n) is 2.04. The minimum absolute atomic E-state index is 1.01. The second kappa shape index (κ2) is 3.93. The first-order valence-corrected chi connectivity index (χ1v) is 5.23. The molecule has 2 rings (SSSR count). The van der Waals surface area contributed by atoms with E-state index in [0.717, 1.165) is 15.7 Å². The molecular formula is C12H10BrN. The molecule has 1 nitrogen and oxygen atoms in total. The van der Waals surface area contributed by atoms with Crippen molar-refractivity contribution in [3.63, 3.8) is 0 Å². The van der Waals surface area contributed by atoms with E-state index in [1.54, 1.807) is 0 Å².